The molecule has 94 valence electrons. The van der Waals surface area contributed by atoms with Gasteiger partial charge in [0.1, 0.15) is 5.76 Å². The van der Waals surface area contributed by atoms with E-state index in [1.165, 1.54) is 0 Å². The summed E-state index contributed by atoms with van der Waals surface area (Å²) in [5.74, 6) is 1.29. The lowest BCUT2D eigenvalue weighted by Crippen LogP contribution is -2.48. The average Bonchev–Trinajstić information content (AvgIpc) is 2.74. The van der Waals surface area contributed by atoms with E-state index in [0.717, 1.165) is 25.1 Å². The molecule has 1 amide bonds. The Morgan fingerprint density at radius 3 is 3.00 bits per heavy atom. The second-order valence-corrected chi connectivity index (χ2v) is 4.92. The molecule has 2 atom stereocenters. The molecule has 4 nitrogen and oxygen atoms in total. The van der Waals surface area contributed by atoms with Crippen molar-refractivity contribution < 1.29 is 9.21 Å². The van der Waals surface area contributed by atoms with Gasteiger partial charge in [0.05, 0.1) is 11.8 Å². The topological polar surface area (TPSA) is 59.5 Å². The lowest BCUT2D eigenvalue weighted by atomic mass is 9.96. The summed E-state index contributed by atoms with van der Waals surface area (Å²) in [5.41, 5.74) is 6.65. The van der Waals surface area contributed by atoms with Crippen molar-refractivity contribution in [1.29, 1.82) is 0 Å². The fourth-order valence-electron chi connectivity index (χ4n) is 2.54. The molecule has 2 unspecified atom stereocenters. The zero-order valence-corrected chi connectivity index (χ0v) is 10.5. The zero-order chi connectivity index (χ0) is 12.4. The number of hydrogen-bond donors (Lipinski definition) is 1. The van der Waals surface area contributed by atoms with E-state index in [4.69, 9.17) is 10.2 Å². The van der Waals surface area contributed by atoms with Crippen LogP contribution in [0.25, 0.3) is 0 Å². The highest BCUT2D eigenvalue weighted by Gasteiger charge is 2.28. The van der Waals surface area contributed by atoms with Gasteiger partial charge >= 0.3 is 0 Å². The summed E-state index contributed by atoms with van der Waals surface area (Å²) in [7, 11) is 0. The Bertz CT molecular complexity index is 390. The third-order valence-electron chi connectivity index (χ3n) is 3.28. The molecule has 1 fully saturated rings. The van der Waals surface area contributed by atoms with E-state index in [2.05, 4.69) is 6.92 Å². The standard InChI is InChI=1S/C13H20N2O2/c1-3-12-11(4-5-17-12)13(16)15-7-9(2)6-10(14)8-15/h4-5,9-10H,3,6-8,14H2,1-2H3. The van der Waals surface area contributed by atoms with Crippen LogP contribution in [0, 0.1) is 5.92 Å². The van der Waals surface area contributed by atoms with E-state index in [1.807, 2.05) is 11.8 Å². The molecule has 1 aromatic heterocycles. The second-order valence-electron chi connectivity index (χ2n) is 4.92. The van der Waals surface area contributed by atoms with Crippen molar-refractivity contribution in [3.63, 3.8) is 0 Å². The monoisotopic (exact) mass is 236 g/mol. The Kier molecular flexibility index (Phi) is 3.52. The molecule has 0 saturated carbocycles. The lowest BCUT2D eigenvalue weighted by Gasteiger charge is -2.34. The molecule has 17 heavy (non-hydrogen) atoms. The van der Waals surface area contributed by atoms with E-state index in [9.17, 15) is 4.79 Å². The number of amides is 1. The molecule has 4 heteroatoms. The van der Waals surface area contributed by atoms with Gasteiger partial charge in [-0.3, -0.25) is 4.79 Å². The maximum atomic E-state index is 12.3. The van der Waals surface area contributed by atoms with E-state index < -0.39 is 0 Å². The van der Waals surface area contributed by atoms with E-state index in [-0.39, 0.29) is 11.9 Å². The molecular formula is C13H20N2O2. The Balaban J connectivity index is 2.14. The highest BCUT2D eigenvalue weighted by molar-refractivity contribution is 5.95. The van der Waals surface area contributed by atoms with Gasteiger partial charge in [-0.2, -0.15) is 0 Å². The molecule has 2 N–H and O–H groups in total. The van der Waals surface area contributed by atoms with E-state index >= 15 is 0 Å². The molecule has 0 radical (unpaired) electrons. The van der Waals surface area contributed by atoms with Crippen LogP contribution in [-0.2, 0) is 6.42 Å². The van der Waals surface area contributed by atoms with Gasteiger partial charge in [-0.05, 0) is 18.4 Å². The molecule has 1 saturated heterocycles. The molecule has 2 heterocycles. The van der Waals surface area contributed by atoms with Crippen LogP contribution in [-0.4, -0.2) is 29.9 Å². The summed E-state index contributed by atoms with van der Waals surface area (Å²) in [6, 6.07) is 1.85. The van der Waals surface area contributed by atoms with Crippen LogP contribution in [0.1, 0.15) is 36.4 Å². The van der Waals surface area contributed by atoms with Crippen molar-refractivity contribution in [3.05, 3.63) is 23.7 Å². The Labute approximate surface area is 102 Å². The van der Waals surface area contributed by atoms with E-state index in [0.29, 0.717) is 18.0 Å². The van der Waals surface area contributed by atoms with Gasteiger partial charge in [-0.1, -0.05) is 13.8 Å². The maximum Gasteiger partial charge on any atom is 0.257 e. The van der Waals surface area contributed by atoms with Crippen LogP contribution < -0.4 is 5.73 Å². The number of furan rings is 1. The number of nitrogens with two attached hydrogens (primary N) is 1. The van der Waals surface area contributed by atoms with Crippen molar-refractivity contribution >= 4 is 5.91 Å². The Morgan fingerprint density at radius 1 is 1.59 bits per heavy atom. The number of nitrogens with zero attached hydrogens (tertiary/aromatic N) is 1. The first-order valence-electron chi connectivity index (χ1n) is 6.23. The highest BCUT2D eigenvalue weighted by Crippen LogP contribution is 2.20. The maximum absolute atomic E-state index is 12.3. The Hall–Kier alpha value is -1.29. The quantitative estimate of drug-likeness (QED) is 0.849. The molecule has 0 aromatic carbocycles. The zero-order valence-electron chi connectivity index (χ0n) is 10.5. The predicted octanol–water partition coefficient (Wildman–Crippen LogP) is 1.65. The van der Waals surface area contributed by atoms with Crippen LogP contribution >= 0.6 is 0 Å². The van der Waals surface area contributed by atoms with Crippen LogP contribution in [0.3, 0.4) is 0 Å². The predicted molar refractivity (Wildman–Crippen MR) is 65.7 cm³/mol. The summed E-state index contributed by atoms with van der Waals surface area (Å²) >= 11 is 0. The molecular weight excluding hydrogens is 216 g/mol. The fourth-order valence-corrected chi connectivity index (χ4v) is 2.54. The smallest absolute Gasteiger partial charge is 0.257 e. The van der Waals surface area contributed by atoms with Crippen molar-refractivity contribution in [3.8, 4) is 0 Å². The van der Waals surface area contributed by atoms with Gasteiger partial charge in [0.15, 0.2) is 0 Å². The first kappa shape index (κ1) is 12.2. The summed E-state index contributed by atoms with van der Waals surface area (Å²) in [5, 5.41) is 0. The third-order valence-corrected chi connectivity index (χ3v) is 3.28. The number of carbonyl (C=O) groups excluding carboxylic acids is 1. The summed E-state index contributed by atoms with van der Waals surface area (Å²) in [6.07, 6.45) is 3.32. The van der Waals surface area contributed by atoms with Crippen molar-refractivity contribution in [2.75, 3.05) is 13.1 Å². The van der Waals surface area contributed by atoms with Gasteiger partial charge in [-0.15, -0.1) is 0 Å². The summed E-state index contributed by atoms with van der Waals surface area (Å²) in [4.78, 5) is 14.2. The first-order valence-corrected chi connectivity index (χ1v) is 6.23. The second kappa shape index (κ2) is 4.92. The fraction of sp³-hybridized carbons (Fsp3) is 0.615. The van der Waals surface area contributed by atoms with Crippen LogP contribution in [0.4, 0.5) is 0 Å². The van der Waals surface area contributed by atoms with Gasteiger partial charge in [0.2, 0.25) is 0 Å². The minimum Gasteiger partial charge on any atom is -0.469 e. The highest BCUT2D eigenvalue weighted by atomic mass is 16.3. The van der Waals surface area contributed by atoms with Crippen LogP contribution in [0.2, 0.25) is 0 Å². The number of rotatable bonds is 2. The van der Waals surface area contributed by atoms with E-state index in [1.54, 1.807) is 12.3 Å². The first-order chi connectivity index (χ1) is 8.11. The molecule has 0 bridgehead atoms. The number of likely N-dealkylation sites (tertiary alicyclic amines) is 1. The van der Waals surface area contributed by atoms with Gasteiger partial charge in [-0.25, -0.2) is 0 Å². The lowest BCUT2D eigenvalue weighted by molar-refractivity contribution is 0.0658. The molecule has 1 aromatic rings. The number of aryl methyl sites for hydroxylation is 1. The SMILES string of the molecule is CCc1occc1C(=O)N1CC(C)CC(N)C1. The molecule has 2 rings (SSSR count). The number of carbonyl (C=O) groups is 1. The van der Waals surface area contributed by atoms with Crippen molar-refractivity contribution in [2.24, 2.45) is 11.7 Å². The summed E-state index contributed by atoms with van der Waals surface area (Å²) in [6.45, 7) is 5.56. The molecule has 0 spiro atoms. The number of piperidine rings is 1. The largest absolute Gasteiger partial charge is 0.469 e. The van der Waals surface area contributed by atoms with Crippen molar-refractivity contribution in [2.45, 2.75) is 32.7 Å². The normalized spacial score (nSPS) is 25.0. The molecule has 0 aliphatic carbocycles. The average molecular weight is 236 g/mol. The van der Waals surface area contributed by atoms with Gasteiger partial charge in [0.25, 0.3) is 5.91 Å². The molecule has 1 aliphatic rings. The summed E-state index contributed by atoms with van der Waals surface area (Å²) < 4.78 is 5.30. The van der Waals surface area contributed by atoms with Crippen molar-refractivity contribution in [1.82, 2.24) is 4.90 Å². The van der Waals surface area contributed by atoms with Gasteiger partial charge < -0.3 is 15.1 Å². The third kappa shape index (κ3) is 2.52. The number of hydrogen-bond acceptors (Lipinski definition) is 3. The Morgan fingerprint density at radius 2 is 2.35 bits per heavy atom. The van der Waals surface area contributed by atoms with Crippen LogP contribution in [0.5, 0.6) is 0 Å². The van der Waals surface area contributed by atoms with Gasteiger partial charge in [0, 0.05) is 25.6 Å². The minimum absolute atomic E-state index is 0.0533. The molecule has 1 aliphatic heterocycles. The van der Waals surface area contributed by atoms with Crippen LogP contribution in [0.15, 0.2) is 16.7 Å². The minimum atomic E-state index is 0.0533.